The number of hydrogen-bond donors (Lipinski definition) is 0. The van der Waals surface area contributed by atoms with E-state index < -0.39 is 0 Å². The van der Waals surface area contributed by atoms with Crippen LogP contribution >= 0.6 is 0 Å². The standard InChI is InChI=1S/C25H30N2O3/c1-19(2)27(18-20-12-6-5-7-13-20)23(28)16-8-3-4-11-17-26-24(29)21-14-9-10-15-22(21)25(26)30/h5-7,9-10,12-15,19H,3-4,8,11,16-18H2,1-2H3. The number of imide groups is 1. The second kappa shape index (κ2) is 10.2. The van der Waals surface area contributed by atoms with Crippen molar-refractivity contribution in [2.24, 2.45) is 0 Å². The van der Waals surface area contributed by atoms with Crippen LogP contribution in [-0.2, 0) is 11.3 Å². The zero-order valence-corrected chi connectivity index (χ0v) is 17.8. The van der Waals surface area contributed by atoms with E-state index in [0.29, 0.717) is 30.6 Å². The largest absolute Gasteiger partial charge is 0.336 e. The first-order chi connectivity index (χ1) is 14.5. The molecule has 30 heavy (non-hydrogen) atoms. The van der Waals surface area contributed by atoms with Crippen molar-refractivity contribution in [1.29, 1.82) is 0 Å². The lowest BCUT2D eigenvalue weighted by Crippen LogP contribution is -2.36. The van der Waals surface area contributed by atoms with Crippen molar-refractivity contribution in [3.05, 3.63) is 71.3 Å². The average molecular weight is 407 g/mol. The summed E-state index contributed by atoms with van der Waals surface area (Å²) in [6, 6.07) is 17.2. The highest BCUT2D eigenvalue weighted by Gasteiger charge is 2.34. The Labute approximate surface area is 178 Å². The molecule has 2 aromatic carbocycles. The molecule has 0 fully saturated rings. The van der Waals surface area contributed by atoms with Crippen LogP contribution in [0.25, 0.3) is 0 Å². The Morgan fingerprint density at radius 2 is 1.40 bits per heavy atom. The lowest BCUT2D eigenvalue weighted by Gasteiger charge is -2.27. The van der Waals surface area contributed by atoms with Crippen LogP contribution in [0.3, 0.4) is 0 Å². The number of fused-ring (bicyclic) bond motifs is 1. The molecule has 5 nitrogen and oxygen atoms in total. The first-order valence-electron chi connectivity index (χ1n) is 10.8. The van der Waals surface area contributed by atoms with E-state index >= 15 is 0 Å². The van der Waals surface area contributed by atoms with Gasteiger partial charge in [0.2, 0.25) is 5.91 Å². The topological polar surface area (TPSA) is 57.7 Å². The Kier molecular flexibility index (Phi) is 7.39. The quantitative estimate of drug-likeness (QED) is 0.426. The van der Waals surface area contributed by atoms with Crippen molar-refractivity contribution in [2.75, 3.05) is 6.54 Å². The third-order valence-electron chi connectivity index (χ3n) is 5.54. The Morgan fingerprint density at radius 3 is 2.00 bits per heavy atom. The maximum Gasteiger partial charge on any atom is 0.261 e. The van der Waals surface area contributed by atoms with Crippen LogP contribution in [0, 0.1) is 0 Å². The van der Waals surface area contributed by atoms with Gasteiger partial charge in [-0.05, 0) is 44.4 Å². The number of carbonyl (C=O) groups excluding carboxylic acids is 3. The van der Waals surface area contributed by atoms with Gasteiger partial charge in [-0.3, -0.25) is 19.3 Å². The number of unbranched alkanes of at least 4 members (excludes halogenated alkanes) is 3. The van der Waals surface area contributed by atoms with Crippen molar-refractivity contribution in [3.63, 3.8) is 0 Å². The van der Waals surface area contributed by atoms with E-state index in [2.05, 4.69) is 0 Å². The van der Waals surface area contributed by atoms with E-state index in [1.54, 1.807) is 24.3 Å². The molecular weight excluding hydrogens is 376 g/mol. The van der Waals surface area contributed by atoms with Crippen LogP contribution in [0.1, 0.15) is 72.2 Å². The smallest absolute Gasteiger partial charge is 0.261 e. The van der Waals surface area contributed by atoms with E-state index in [1.807, 2.05) is 49.1 Å². The summed E-state index contributed by atoms with van der Waals surface area (Å²) in [5, 5.41) is 0. The van der Waals surface area contributed by atoms with Crippen molar-refractivity contribution in [1.82, 2.24) is 9.80 Å². The molecule has 0 aromatic heterocycles. The molecule has 0 aliphatic carbocycles. The summed E-state index contributed by atoms with van der Waals surface area (Å²) in [6.07, 6.45) is 3.90. The number of amides is 3. The maximum absolute atomic E-state index is 12.7. The summed E-state index contributed by atoms with van der Waals surface area (Å²) in [4.78, 5) is 40.7. The highest BCUT2D eigenvalue weighted by Crippen LogP contribution is 2.23. The fourth-order valence-corrected chi connectivity index (χ4v) is 3.82. The Balaban J connectivity index is 1.38. The van der Waals surface area contributed by atoms with Gasteiger partial charge in [0.05, 0.1) is 11.1 Å². The highest BCUT2D eigenvalue weighted by molar-refractivity contribution is 6.21. The van der Waals surface area contributed by atoms with E-state index in [0.717, 1.165) is 31.2 Å². The van der Waals surface area contributed by atoms with Gasteiger partial charge in [-0.15, -0.1) is 0 Å². The van der Waals surface area contributed by atoms with E-state index in [9.17, 15) is 14.4 Å². The molecule has 158 valence electrons. The van der Waals surface area contributed by atoms with Crippen LogP contribution in [0.2, 0.25) is 0 Å². The molecule has 0 bridgehead atoms. The van der Waals surface area contributed by atoms with Crippen molar-refractivity contribution in [2.45, 2.75) is 58.5 Å². The Bertz CT molecular complexity index is 857. The number of carbonyl (C=O) groups is 3. The molecule has 0 atom stereocenters. The number of rotatable bonds is 10. The summed E-state index contributed by atoms with van der Waals surface area (Å²) in [7, 11) is 0. The molecule has 1 heterocycles. The highest BCUT2D eigenvalue weighted by atomic mass is 16.2. The van der Waals surface area contributed by atoms with Crippen LogP contribution in [-0.4, -0.2) is 40.1 Å². The van der Waals surface area contributed by atoms with E-state index in [4.69, 9.17) is 0 Å². The molecule has 3 rings (SSSR count). The first kappa shape index (κ1) is 21.8. The maximum atomic E-state index is 12.7. The summed E-state index contributed by atoms with van der Waals surface area (Å²) in [5.41, 5.74) is 2.14. The molecule has 0 saturated carbocycles. The SMILES string of the molecule is CC(C)N(Cc1ccccc1)C(=O)CCCCCCN1C(=O)c2ccccc2C1=O. The zero-order valence-electron chi connectivity index (χ0n) is 17.8. The second-order valence-corrected chi connectivity index (χ2v) is 8.07. The molecule has 0 radical (unpaired) electrons. The number of benzene rings is 2. The van der Waals surface area contributed by atoms with Crippen LogP contribution < -0.4 is 0 Å². The molecule has 3 amide bonds. The summed E-state index contributed by atoms with van der Waals surface area (Å²) in [6.45, 7) is 5.16. The molecule has 1 aliphatic heterocycles. The summed E-state index contributed by atoms with van der Waals surface area (Å²) in [5.74, 6) is -0.215. The monoisotopic (exact) mass is 406 g/mol. The molecular formula is C25H30N2O3. The van der Waals surface area contributed by atoms with Crippen LogP contribution in [0.15, 0.2) is 54.6 Å². The van der Waals surface area contributed by atoms with Gasteiger partial charge in [0, 0.05) is 25.6 Å². The van der Waals surface area contributed by atoms with E-state index in [1.165, 1.54) is 4.90 Å². The zero-order chi connectivity index (χ0) is 21.5. The summed E-state index contributed by atoms with van der Waals surface area (Å²) < 4.78 is 0. The van der Waals surface area contributed by atoms with Gasteiger partial charge in [0.25, 0.3) is 11.8 Å². The third-order valence-corrected chi connectivity index (χ3v) is 5.54. The third kappa shape index (κ3) is 5.15. The van der Waals surface area contributed by atoms with Gasteiger partial charge in [-0.25, -0.2) is 0 Å². The molecule has 2 aromatic rings. The number of nitrogens with zero attached hydrogens (tertiary/aromatic N) is 2. The Morgan fingerprint density at radius 1 is 0.833 bits per heavy atom. The molecule has 0 unspecified atom stereocenters. The molecule has 1 aliphatic rings. The fourth-order valence-electron chi connectivity index (χ4n) is 3.82. The first-order valence-corrected chi connectivity index (χ1v) is 10.8. The van der Waals surface area contributed by atoms with Crippen LogP contribution in [0.5, 0.6) is 0 Å². The van der Waals surface area contributed by atoms with Gasteiger partial charge in [0.15, 0.2) is 0 Å². The van der Waals surface area contributed by atoms with Crippen molar-refractivity contribution < 1.29 is 14.4 Å². The molecule has 0 spiro atoms. The van der Waals surface area contributed by atoms with Gasteiger partial charge >= 0.3 is 0 Å². The van der Waals surface area contributed by atoms with E-state index in [-0.39, 0.29) is 23.8 Å². The minimum atomic E-state index is -0.195. The minimum absolute atomic E-state index is 0.159. The van der Waals surface area contributed by atoms with Crippen molar-refractivity contribution >= 4 is 17.7 Å². The number of hydrogen-bond acceptors (Lipinski definition) is 3. The van der Waals surface area contributed by atoms with Gasteiger partial charge in [0.1, 0.15) is 0 Å². The second-order valence-electron chi connectivity index (χ2n) is 8.07. The fraction of sp³-hybridized carbons (Fsp3) is 0.400. The van der Waals surface area contributed by atoms with Gasteiger partial charge < -0.3 is 4.90 Å². The van der Waals surface area contributed by atoms with Gasteiger partial charge in [-0.2, -0.15) is 0 Å². The lowest BCUT2D eigenvalue weighted by atomic mass is 10.1. The normalized spacial score (nSPS) is 13.1. The predicted octanol–water partition coefficient (Wildman–Crippen LogP) is 4.67. The lowest BCUT2D eigenvalue weighted by molar-refractivity contribution is -0.133. The Hall–Kier alpha value is -2.95. The molecule has 0 N–H and O–H groups in total. The minimum Gasteiger partial charge on any atom is -0.336 e. The average Bonchev–Trinajstić information content (AvgIpc) is 2.99. The van der Waals surface area contributed by atoms with Crippen molar-refractivity contribution in [3.8, 4) is 0 Å². The van der Waals surface area contributed by atoms with Gasteiger partial charge in [-0.1, -0.05) is 55.3 Å². The van der Waals surface area contributed by atoms with Crippen LogP contribution in [0.4, 0.5) is 0 Å². The summed E-state index contributed by atoms with van der Waals surface area (Å²) >= 11 is 0. The molecule has 0 saturated heterocycles. The molecule has 5 heteroatoms. The predicted molar refractivity (Wildman–Crippen MR) is 117 cm³/mol.